The number of hydrogen-bond donors (Lipinski definition) is 0. The molecule has 0 radical (unpaired) electrons. The maximum absolute atomic E-state index is 5.31. The van der Waals surface area contributed by atoms with E-state index in [4.69, 9.17) is 15.0 Å². The summed E-state index contributed by atoms with van der Waals surface area (Å²) < 4.78 is 4.68. The summed E-state index contributed by atoms with van der Waals surface area (Å²) in [7, 11) is 0. The summed E-state index contributed by atoms with van der Waals surface area (Å²) in [6, 6.07) is 66.2. The fourth-order valence-electron chi connectivity index (χ4n) is 8.77. The Morgan fingerprint density at radius 3 is 1.82 bits per heavy atom. The Bertz CT molecular complexity index is 3490. The summed E-state index contributed by atoms with van der Waals surface area (Å²) in [5, 5.41) is 8.97. The van der Waals surface area contributed by atoms with E-state index in [-0.39, 0.29) is 0 Å². The van der Waals surface area contributed by atoms with E-state index in [9.17, 15) is 0 Å². The van der Waals surface area contributed by atoms with Crippen LogP contribution >= 0.6 is 0 Å². The summed E-state index contributed by atoms with van der Waals surface area (Å²) in [5.74, 6) is 0.823. The molecule has 12 rings (SSSR count). The van der Waals surface area contributed by atoms with E-state index in [2.05, 4.69) is 167 Å². The van der Waals surface area contributed by atoms with Crippen LogP contribution in [0.15, 0.2) is 176 Å². The van der Waals surface area contributed by atoms with Crippen LogP contribution in [0.25, 0.3) is 110 Å². The zero-order valence-corrected chi connectivity index (χ0v) is 30.0. The maximum Gasteiger partial charge on any atom is 0.138 e. The van der Waals surface area contributed by atoms with Gasteiger partial charge in [0.05, 0.1) is 45.0 Å². The van der Waals surface area contributed by atoms with E-state index in [1.807, 2.05) is 30.5 Å². The third-order valence-electron chi connectivity index (χ3n) is 11.2. The minimum atomic E-state index is 0.722. The van der Waals surface area contributed by atoms with Gasteiger partial charge >= 0.3 is 0 Å². The second-order valence-electron chi connectivity index (χ2n) is 14.2. The van der Waals surface area contributed by atoms with Gasteiger partial charge < -0.3 is 4.57 Å². The van der Waals surface area contributed by atoms with Crippen LogP contribution in [0, 0.1) is 12.1 Å². The van der Waals surface area contributed by atoms with Crippen molar-refractivity contribution in [3.8, 4) is 34.0 Å². The molecular weight excluding hydrogens is 683 g/mol. The molecule has 0 atom stereocenters. The second kappa shape index (κ2) is 11.8. The highest BCUT2D eigenvalue weighted by Crippen LogP contribution is 2.42. The summed E-state index contributed by atoms with van der Waals surface area (Å²) in [5.41, 5.74) is 11.2. The molecule has 0 saturated heterocycles. The minimum Gasteiger partial charge on any atom is -0.309 e. The van der Waals surface area contributed by atoms with Gasteiger partial charge in [-0.1, -0.05) is 121 Å². The molecule has 56 heavy (non-hydrogen) atoms. The molecule has 0 unspecified atom stereocenters. The van der Waals surface area contributed by atoms with E-state index in [1.165, 1.54) is 38.2 Å². The molecule has 0 amide bonds. The van der Waals surface area contributed by atoms with Gasteiger partial charge in [-0.2, -0.15) is 0 Å². The SMILES string of the molecule is c1ccc2c(c#1)c1ccccc1c1nc(-c3cccc(-n4c5ccccc5c5c6c7ccccc7n(-c7ccc(-c8ccccc8)cc7)c6ccc54)n3)cnc21. The van der Waals surface area contributed by atoms with Crippen molar-refractivity contribution in [3.05, 3.63) is 188 Å². The first-order chi connectivity index (χ1) is 27.8. The zero-order valence-electron chi connectivity index (χ0n) is 30.0. The van der Waals surface area contributed by atoms with Crippen molar-refractivity contribution in [3.63, 3.8) is 0 Å². The lowest BCUT2D eigenvalue weighted by atomic mass is 10.0. The van der Waals surface area contributed by atoms with Crippen LogP contribution in [0.5, 0.6) is 0 Å². The lowest BCUT2D eigenvalue weighted by molar-refractivity contribution is 1.08. The number of pyridine rings is 1. The molecule has 5 heteroatoms. The van der Waals surface area contributed by atoms with Crippen molar-refractivity contribution in [2.45, 2.75) is 0 Å². The first-order valence-corrected chi connectivity index (χ1v) is 18.8. The number of para-hydroxylation sites is 2. The van der Waals surface area contributed by atoms with Crippen molar-refractivity contribution < 1.29 is 0 Å². The van der Waals surface area contributed by atoms with Gasteiger partial charge in [0, 0.05) is 48.8 Å². The largest absolute Gasteiger partial charge is 0.309 e. The lowest BCUT2D eigenvalue weighted by Gasteiger charge is -2.11. The highest BCUT2D eigenvalue weighted by Gasteiger charge is 2.21. The molecule has 0 fully saturated rings. The number of nitrogens with zero attached hydrogens (tertiary/aromatic N) is 5. The number of hydrogen-bond acceptors (Lipinski definition) is 3. The molecular formula is C51H29N5. The van der Waals surface area contributed by atoms with Crippen LogP contribution < -0.4 is 0 Å². The Balaban J connectivity index is 1.06. The molecule has 0 aliphatic rings. The molecule has 0 saturated carbocycles. The van der Waals surface area contributed by atoms with E-state index < -0.39 is 0 Å². The molecule has 12 aromatic rings. The van der Waals surface area contributed by atoms with Gasteiger partial charge in [-0.05, 0) is 71.8 Å². The third kappa shape index (κ3) is 4.41. The second-order valence-corrected chi connectivity index (χ2v) is 14.2. The van der Waals surface area contributed by atoms with Gasteiger partial charge in [-0.15, -0.1) is 0 Å². The normalized spacial score (nSPS) is 11.8. The Hall–Kier alpha value is -7.81. The monoisotopic (exact) mass is 711 g/mol. The number of rotatable bonds is 4. The first-order valence-electron chi connectivity index (χ1n) is 18.8. The molecule has 4 aromatic heterocycles. The van der Waals surface area contributed by atoms with E-state index in [1.54, 1.807) is 0 Å². The van der Waals surface area contributed by atoms with Crippen molar-refractivity contribution in [2.75, 3.05) is 0 Å². The van der Waals surface area contributed by atoms with Crippen LogP contribution in [0.2, 0.25) is 0 Å². The average Bonchev–Trinajstić information content (AvgIpc) is 3.80. The highest BCUT2D eigenvalue weighted by molar-refractivity contribution is 6.29. The predicted molar refractivity (Wildman–Crippen MR) is 230 cm³/mol. The Kier molecular flexibility index (Phi) is 6.48. The standard InChI is InChI=1S/C51H29N5/c1-2-13-32(14-3-1)33-25-27-34(28-26-33)55-43-22-10-8-19-39(43)48-45(55)29-30-46-49(48)40-20-9-11-23-44(40)56(46)47-24-12-21-41(53-47)42-31-52-50-37-17-6-4-15-35(37)36-16-5-7-18-38(36)51(50)54-42/h1-3,5-14,16-31H. The quantitative estimate of drug-likeness (QED) is 0.171. The molecule has 0 bridgehead atoms. The zero-order chi connectivity index (χ0) is 36.7. The minimum absolute atomic E-state index is 0.722. The summed E-state index contributed by atoms with van der Waals surface area (Å²) >= 11 is 0. The van der Waals surface area contributed by atoms with Crippen LogP contribution in [-0.2, 0) is 0 Å². The van der Waals surface area contributed by atoms with E-state index >= 15 is 0 Å². The highest BCUT2D eigenvalue weighted by atomic mass is 15.1. The predicted octanol–water partition coefficient (Wildman–Crippen LogP) is 12.5. The van der Waals surface area contributed by atoms with E-state index in [0.717, 1.165) is 72.0 Å². The fraction of sp³-hybridized carbons (Fsp3) is 0. The molecule has 0 N–H and O–H groups in total. The van der Waals surface area contributed by atoms with E-state index in [0.29, 0.717) is 0 Å². The van der Waals surface area contributed by atoms with Gasteiger partial charge in [0.25, 0.3) is 0 Å². The van der Waals surface area contributed by atoms with Crippen LogP contribution in [0.4, 0.5) is 0 Å². The molecule has 0 aliphatic heterocycles. The molecule has 258 valence electrons. The Morgan fingerprint density at radius 1 is 0.411 bits per heavy atom. The topological polar surface area (TPSA) is 48.5 Å². The van der Waals surface area contributed by atoms with Gasteiger partial charge in [-0.3, -0.25) is 9.55 Å². The lowest BCUT2D eigenvalue weighted by Crippen LogP contribution is -2.00. The molecule has 5 nitrogen and oxygen atoms in total. The van der Waals surface area contributed by atoms with Gasteiger partial charge in [-0.25, -0.2) is 9.97 Å². The summed E-state index contributed by atoms with van der Waals surface area (Å²) in [4.78, 5) is 15.5. The maximum atomic E-state index is 5.31. The summed E-state index contributed by atoms with van der Waals surface area (Å²) in [6.07, 6.45) is 1.84. The number of benzene rings is 7. The van der Waals surface area contributed by atoms with Crippen LogP contribution in [0.1, 0.15) is 0 Å². The molecule has 0 spiro atoms. The van der Waals surface area contributed by atoms with Crippen LogP contribution in [0.3, 0.4) is 0 Å². The average molecular weight is 712 g/mol. The van der Waals surface area contributed by atoms with Crippen molar-refractivity contribution in [1.29, 1.82) is 0 Å². The number of fused-ring (bicyclic) bond motifs is 13. The van der Waals surface area contributed by atoms with Crippen molar-refractivity contribution in [1.82, 2.24) is 24.1 Å². The Morgan fingerprint density at radius 2 is 1.05 bits per heavy atom. The van der Waals surface area contributed by atoms with Crippen molar-refractivity contribution in [2.24, 2.45) is 0 Å². The van der Waals surface area contributed by atoms with Crippen molar-refractivity contribution >= 4 is 76.2 Å². The number of aromatic nitrogens is 5. The van der Waals surface area contributed by atoms with Gasteiger partial charge in [0.2, 0.25) is 0 Å². The molecule has 0 aliphatic carbocycles. The van der Waals surface area contributed by atoms with Gasteiger partial charge in [0.15, 0.2) is 0 Å². The molecule has 8 aromatic carbocycles. The summed E-state index contributed by atoms with van der Waals surface area (Å²) in [6.45, 7) is 0. The smallest absolute Gasteiger partial charge is 0.138 e. The Labute approximate surface area is 321 Å². The fourth-order valence-corrected chi connectivity index (χ4v) is 8.77. The molecule has 4 heterocycles. The van der Waals surface area contributed by atoms with Gasteiger partial charge in [0.1, 0.15) is 11.5 Å². The first kappa shape index (κ1) is 30.6. The third-order valence-corrected chi connectivity index (χ3v) is 11.2. The van der Waals surface area contributed by atoms with Crippen LogP contribution in [-0.4, -0.2) is 24.1 Å².